The first-order valence-electron chi connectivity index (χ1n) is 6.88. The van der Waals surface area contributed by atoms with Crippen LogP contribution in [0, 0.1) is 17.3 Å². The molecule has 6 heteroatoms. The molecule has 2 N–H and O–H groups in total. The number of nitrogens with zero attached hydrogens (tertiary/aromatic N) is 1. The van der Waals surface area contributed by atoms with E-state index in [4.69, 9.17) is 0 Å². The van der Waals surface area contributed by atoms with E-state index in [1.807, 2.05) is 27.7 Å². The number of carbonyl (C=O) groups is 3. The minimum atomic E-state index is -1.32. The topological polar surface area (TPSA) is 86.7 Å². The van der Waals surface area contributed by atoms with Gasteiger partial charge >= 0.3 is 5.97 Å². The van der Waals surface area contributed by atoms with E-state index in [1.54, 1.807) is 0 Å². The number of carbonyl (C=O) groups excluding carboxylic acids is 2. The summed E-state index contributed by atoms with van der Waals surface area (Å²) in [6.07, 6.45) is 0. The Hall–Kier alpha value is -1.43. The summed E-state index contributed by atoms with van der Waals surface area (Å²) >= 11 is 0. The predicted molar refractivity (Wildman–Crippen MR) is 71.8 cm³/mol. The van der Waals surface area contributed by atoms with Crippen LogP contribution in [0.4, 0.5) is 0 Å². The van der Waals surface area contributed by atoms with Crippen LogP contribution in [0.15, 0.2) is 0 Å². The summed E-state index contributed by atoms with van der Waals surface area (Å²) in [4.78, 5) is 37.1. The van der Waals surface area contributed by atoms with Gasteiger partial charge in [0.05, 0.1) is 18.4 Å². The van der Waals surface area contributed by atoms with Crippen LogP contribution in [-0.4, -0.2) is 45.9 Å². The molecule has 2 amide bonds. The fourth-order valence-corrected chi connectivity index (χ4v) is 3.29. The zero-order valence-corrected chi connectivity index (χ0v) is 12.6. The van der Waals surface area contributed by atoms with Gasteiger partial charge in [-0.2, -0.15) is 0 Å². The van der Waals surface area contributed by atoms with Gasteiger partial charge in [-0.1, -0.05) is 13.8 Å². The second-order valence-corrected chi connectivity index (χ2v) is 6.98. The lowest BCUT2D eigenvalue weighted by atomic mass is 9.99. The highest BCUT2D eigenvalue weighted by atomic mass is 16.4. The number of likely N-dealkylation sites (tertiary alicyclic amines) is 1. The van der Waals surface area contributed by atoms with Crippen LogP contribution in [0.5, 0.6) is 0 Å². The van der Waals surface area contributed by atoms with Gasteiger partial charge in [0.25, 0.3) is 0 Å². The van der Waals surface area contributed by atoms with Crippen LogP contribution in [0.3, 0.4) is 0 Å². The molecule has 6 nitrogen and oxygen atoms in total. The van der Waals surface area contributed by atoms with E-state index >= 15 is 0 Å². The van der Waals surface area contributed by atoms with Crippen molar-refractivity contribution in [3.8, 4) is 0 Å². The normalized spacial score (nSPS) is 30.4. The van der Waals surface area contributed by atoms with Crippen molar-refractivity contribution in [3.05, 3.63) is 0 Å². The standard InChI is InChI=1S/C14H22N2O4/c1-7(2)15-14(5,12(19)20)6-16-10(17)8-9(11(16)18)13(8,3)4/h7-9,15H,6H2,1-5H3,(H,19,20). The smallest absolute Gasteiger partial charge is 0.325 e. The summed E-state index contributed by atoms with van der Waals surface area (Å²) in [6, 6.07) is -0.0603. The maximum atomic E-state index is 12.2. The van der Waals surface area contributed by atoms with Crippen molar-refractivity contribution >= 4 is 17.8 Å². The Kier molecular flexibility index (Phi) is 3.20. The number of aliphatic carboxylic acids is 1. The molecule has 0 bridgehead atoms. The number of carboxylic acid groups (broad SMARTS) is 1. The molecule has 2 rings (SSSR count). The molecule has 3 atom stereocenters. The van der Waals surface area contributed by atoms with Gasteiger partial charge in [0.1, 0.15) is 5.54 Å². The SMILES string of the molecule is CC(C)NC(C)(CN1C(=O)C2C(C1=O)C2(C)C)C(=O)O. The molecule has 112 valence electrons. The van der Waals surface area contributed by atoms with E-state index in [-0.39, 0.29) is 41.7 Å². The number of rotatable bonds is 5. The molecule has 0 aromatic heterocycles. The number of hydrogen-bond acceptors (Lipinski definition) is 4. The van der Waals surface area contributed by atoms with Crippen LogP contribution in [0.25, 0.3) is 0 Å². The third-order valence-electron chi connectivity index (χ3n) is 4.45. The quantitative estimate of drug-likeness (QED) is 0.716. The minimum Gasteiger partial charge on any atom is -0.480 e. The average molecular weight is 282 g/mol. The van der Waals surface area contributed by atoms with Crippen LogP contribution in [0.2, 0.25) is 0 Å². The monoisotopic (exact) mass is 282 g/mol. The molecule has 1 aliphatic carbocycles. The maximum Gasteiger partial charge on any atom is 0.325 e. The first-order valence-corrected chi connectivity index (χ1v) is 6.88. The van der Waals surface area contributed by atoms with Crippen LogP contribution in [-0.2, 0) is 14.4 Å². The lowest BCUT2D eigenvalue weighted by molar-refractivity contribution is -0.150. The van der Waals surface area contributed by atoms with Gasteiger partial charge in [-0.05, 0) is 26.2 Å². The molecule has 0 aromatic rings. The molecular weight excluding hydrogens is 260 g/mol. The maximum absolute atomic E-state index is 12.2. The third-order valence-corrected chi connectivity index (χ3v) is 4.45. The molecule has 0 spiro atoms. The number of carboxylic acids is 1. The number of fused-ring (bicyclic) bond motifs is 1. The fraction of sp³-hybridized carbons (Fsp3) is 0.786. The molecule has 3 unspecified atom stereocenters. The summed E-state index contributed by atoms with van der Waals surface area (Å²) in [5.74, 6) is -2.07. The van der Waals surface area contributed by atoms with Crippen molar-refractivity contribution in [2.24, 2.45) is 17.3 Å². The molecule has 1 heterocycles. The predicted octanol–water partition coefficient (Wildman–Crippen LogP) is 0.469. The lowest BCUT2D eigenvalue weighted by Gasteiger charge is -2.33. The Morgan fingerprint density at radius 3 is 2.15 bits per heavy atom. The van der Waals surface area contributed by atoms with Gasteiger partial charge < -0.3 is 5.11 Å². The van der Waals surface area contributed by atoms with Crippen molar-refractivity contribution in [3.63, 3.8) is 0 Å². The van der Waals surface area contributed by atoms with Gasteiger partial charge in [-0.15, -0.1) is 0 Å². The van der Waals surface area contributed by atoms with Gasteiger partial charge in [-0.25, -0.2) is 0 Å². The highest BCUT2D eigenvalue weighted by Gasteiger charge is 2.72. The average Bonchev–Trinajstić information content (AvgIpc) is 2.75. The summed E-state index contributed by atoms with van der Waals surface area (Å²) in [6.45, 7) is 8.84. The first kappa shape index (κ1) is 15.0. The molecule has 20 heavy (non-hydrogen) atoms. The summed E-state index contributed by atoms with van der Waals surface area (Å²) in [5.41, 5.74) is -1.59. The Morgan fingerprint density at radius 2 is 1.80 bits per heavy atom. The zero-order chi connectivity index (χ0) is 15.5. The molecule has 2 fully saturated rings. The summed E-state index contributed by atoms with van der Waals surface area (Å²) in [5, 5.41) is 12.3. The van der Waals surface area contributed by atoms with E-state index in [1.165, 1.54) is 6.92 Å². The second kappa shape index (κ2) is 4.28. The van der Waals surface area contributed by atoms with E-state index < -0.39 is 11.5 Å². The van der Waals surface area contributed by atoms with Crippen LogP contribution >= 0.6 is 0 Å². The first-order chi connectivity index (χ1) is 9.02. The highest BCUT2D eigenvalue weighted by molar-refractivity contribution is 6.10. The number of amides is 2. The largest absolute Gasteiger partial charge is 0.480 e. The third kappa shape index (κ3) is 2.02. The van der Waals surface area contributed by atoms with Gasteiger partial charge in [0.2, 0.25) is 11.8 Å². The molecule has 1 saturated heterocycles. The second-order valence-electron chi connectivity index (χ2n) is 6.98. The van der Waals surface area contributed by atoms with E-state index in [0.29, 0.717) is 0 Å². The van der Waals surface area contributed by atoms with Crippen molar-refractivity contribution < 1.29 is 19.5 Å². The molecular formula is C14H22N2O4. The van der Waals surface area contributed by atoms with Crippen LogP contribution in [0.1, 0.15) is 34.6 Å². The van der Waals surface area contributed by atoms with Crippen molar-refractivity contribution in [2.75, 3.05) is 6.54 Å². The zero-order valence-electron chi connectivity index (χ0n) is 12.6. The van der Waals surface area contributed by atoms with Gasteiger partial charge in [0.15, 0.2) is 0 Å². The highest BCUT2D eigenvalue weighted by Crippen LogP contribution is 2.63. The number of piperidine rings is 1. The lowest BCUT2D eigenvalue weighted by Crippen LogP contribution is -2.60. The van der Waals surface area contributed by atoms with Gasteiger partial charge in [0, 0.05) is 6.04 Å². The summed E-state index contributed by atoms with van der Waals surface area (Å²) < 4.78 is 0. The Labute approximate surface area is 118 Å². The minimum absolute atomic E-state index is 0.0603. The van der Waals surface area contributed by atoms with E-state index in [9.17, 15) is 19.5 Å². The van der Waals surface area contributed by atoms with Crippen molar-refractivity contribution in [1.29, 1.82) is 0 Å². The molecule has 1 saturated carbocycles. The number of hydrogen-bond donors (Lipinski definition) is 2. The molecule has 2 aliphatic rings. The number of nitrogens with one attached hydrogen (secondary N) is 1. The number of imide groups is 1. The van der Waals surface area contributed by atoms with Crippen molar-refractivity contribution in [1.82, 2.24) is 10.2 Å². The van der Waals surface area contributed by atoms with Gasteiger partial charge in [-0.3, -0.25) is 24.6 Å². The molecule has 1 aliphatic heterocycles. The van der Waals surface area contributed by atoms with E-state index in [2.05, 4.69) is 5.32 Å². The van der Waals surface area contributed by atoms with Crippen LogP contribution < -0.4 is 5.32 Å². The Balaban J connectivity index is 2.16. The Bertz CT molecular complexity index is 462. The fourth-order valence-electron chi connectivity index (χ4n) is 3.29. The summed E-state index contributed by atoms with van der Waals surface area (Å²) in [7, 11) is 0. The Morgan fingerprint density at radius 1 is 1.35 bits per heavy atom. The molecule has 0 radical (unpaired) electrons. The van der Waals surface area contributed by atoms with E-state index in [0.717, 1.165) is 4.90 Å². The molecule has 0 aromatic carbocycles. The van der Waals surface area contributed by atoms with Crippen molar-refractivity contribution in [2.45, 2.75) is 46.2 Å².